The maximum atomic E-state index is 15.0. The van der Waals surface area contributed by atoms with Gasteiger partial charge in [-0.15, -0.1) is 0 Å². The lowest BCUT2D eigenvalue weighted by Gasteiger charge is -2.25. The number of thiazole rings is 1. The van der Waals surface area contributed by atoms with Crippen molar-refractivity contribution in [1.29, 1.82) is 0 Å². The van der Waals surface area contributed by atoms with Gasteiger partial charge in [-0.05, 0) is 30.3 Å². The molecule has 0 saturated carbocycles. The van der Waals surface area contributed by atoms with Gasteiger partial charge in [-0.3, -0.25) is 14.5 Å². The quantitative estimate of drug-likeness (QED) is 0.355. The van der Waals surface area contributed by atoms with Crippen molar-refractivity contribution in [3.8, 4) is 5.75 Å². The van der Waals surface area contributed by atoms with Crippen LogP contribution in [-0.2, 0) is 16.0 Å². The number of ketones is 1. The SMILES string of the molecule is COc1ccccc1CC(=O)C1=C(O)C(=O)N(c2nc3ccc(Cl)cc3s2)C1c1ccccc1F. The van der Waals surface area contributed by atoms with E-state index in [1.54, 1.807) is 48.5 Å². The molecule has 0 radical (unpaired) electrons. The first-order chi connectivity index (χ1) is 16.9. The molecule has 0 fully saturated rings. The molecule has 1 unspecified atom stereocenters. The summed E-state index contributed by atoms with van der Waals surface area (Å²) in [7, 11) is 1.49. The topological polar surface area (TPSA) is 79.7 Å². The number of methoxy groups -OCH3 is 1. The third-order valence-corrected chi connectivity index (χ3v) is 7.05. The fourth-order valence-electron chi connectivity index (χ4n) is 4.18. The fraction of sp³-hybridized carbons (Fsp3) is 0.115. The standard InChI is InChI=1S/C26H18ClFN2O4S/c1-34-20-9-5-2-6-14(20)12-19(31)22-23(16-7-3-4-8-17(16)28)30(25(33)24(22)32)26-29-18-11-10-15(27)13-21(18)35-26/h2-11,13,23,32H,12H2,1H3. The summed E-state index contributed by atoms with van der Waals surface area (Å²) < 4.78 is 21.1. The predicted molar refractivity (Wildman–Crippen MR) is 133 cm³/mol. The summed E-state index contributed by atoms with van der Waals surface area (Å²) in [4.78, 5) is 32.5. The van der Waals surface area contributed by atoms with Crippen molar-refractivity contribution in [2.75, 3.05) is 12.0 Å². The van der Waals surface area contributed by atoms with Crippen molar-refractivity contribution in [3.63, 3.8) is 0 Å². The van der Waals surface area contributed by atoms with Gasteiger partial charge in [0.2, 0.25) is 0 Å². The molecule has 9 heteroatoms. The summed E-state index contributed by atoms with van der Waals surface area (Å²) in [6, 6.07) is 16.7. The summed E-state index contributed by atoms with van der Waals surface area (Å²) in [5.41, 5.74) is 1.05. The van der Waals surface area contributed by atoms with Crippen LogP contribution in [0.15, 0.2) is 78.1 Å². The number of nitrogens with zero attached hydrogens (tertiary/aromatic N) is 2. The third-order valence-electron chi connectivity index (χ3n) is 5.80. The number of aliphatic hydroxyl groups is 1. The van der Waals surface area contributed by atoms with Gasteiger partial charge >= 0.3 is 0 Å². The van der Waals surface area contributed by atoms with Crippen LogP contribution >= 0.6 is 22.9 Å². The number of anilines is 1. The maximum absolute atomic E-state index is 15.0. The van der Waals surface area contributed by atoms with Gasteiger partial charge in [0.05, 0.1) is 22.9 Å². The van der Waals surface area contributed by atoms with Gasteiger partial charge < -0.3 is 9.84 Å². The normalized spacial score (nSPS) is 15.8. The van der Waals surface area contributed by atoms with Crippen LogP contribution in [0.3, 0.4) is 0 Å². The minimum Gasteiger partial charge on any atom is -0.503 e. The highest BCUT2D eigenvalue weighted by Crippen LogP contribution is 2.44. The van der Waals surface area contributed by atoms with E-state index in [1.165, 1.54) is 30.2 Å². The van der Waals surface area contributed by atoms with E-state index in [-0.39, 0.29) is 22.7 Å². The number of carbonyl (C=O) groups is 2. The number of para-hydroxylation sites is 1. The first-order valence-electron chi connectivity index (χ1n) is 10.6. The first kappa shape index (κ1) is 23.0. The average molecular weight is 509 g/mol. The number of amides is 1. The zero-order valence-electron chi connectivity index (χ0n) is 18.4. The highest BCUT2D eigenvalue weighted by atomic mass is 35.5. The highest BCUT2D eigenvalue weighted by molar-refractivity contribution is 7.22. The second kappa shape index (κ2) is 9.13. The molecule has 1 aliphatic rings. The van der Waals surface area contributed by atoms with Gasteiger partial charge in [0.15, 0.2) is 16.7 Å². The monoisotopic (exact) mass is 508 g/mol. The lowest BCUT2D eigenvalue weighted by atomic mass is 9.92. The molecule has 0 aliphatic carbocycles. The van der Waals surface area contributed by atoms with Gasteiger partial charge in [0, 0.05) is 22.6 Å². The molecule has 0 saturated heterocycles. The number of fused-ring (bicyclic) bond motifs is 1. The number of ether oxygens (including phenoxy) is 1. The average Bonchev–Trinajstić information content (AvgIpc) is 3.37. The van der Waals surface area contributed by atoms with Gasteiger partial charge in [-0.25, -0.2) is 9.37 Å². The van der Waals surface area contributed by atoms with Crippen LogP contribution in [0, 0.1) is 5.82 Å². The number of aliphatic hydroxyl groups excluding tert-OH is 1. The molecule has 35 heavy (non-hydrogen) atoms. The molecule has 0 spiro atoms. The van der Waals surface area contributed by atoms with Gasteiger partial charge in [0.25, 0.3) is 5.91 Å². The Hall–Kier alpha value is -3.75. The van der Waals surface area contributed by atoms with Crippen LogP contribution in [0.2, 0.25) is 5.02 Å². The van der Waals surface area contributed by atoms with Crippen molar-refractivity contribution in [2.24, 2.45) is 0 Å². The number of rotatable bonds is 6. The minimum atomic E-state index is -1.19. The molecule has 2 heterocycles. The van der Waals surface area contributed by atoms with E-state index >= 15 is 4.39 Å². The van der Waals surface area contributed by atoms with Gasteiger partial charge in [-0.1, -0.05) is 59.3 Å². The summed E-state index contributed by atoms with van der Waals surface area (Å²) in [5, 5.41) is 11.6. The maximum Gasteiger partial charge on any atom is 0.296 e. The molecule has 1 aliphatic heterocycles. The zero-order valence-corrected chi connectivity index (χ0v) is 19.9. The molecular weight excluding hydrogens is 491 g/mol. The Bertz CT molecular complexity index is 1520. The van der Waals surface area contributed by atoms with Crippen LogP contribution in [0.4, 0.5) is 9.52 Å². The molecule has 3 aromatic carbocycles. The summed E-state index contributed by atoms with van der Waals surface area (Å²) in [6.07, 6.45) is -0.148. The molecular formula is C26H18ClFN2O4S. The Morgan fingerprint density at radius 3 is 2.69 bits per heavy atom. The Balaban J connectivity index is 1.63. The number of halogens is 2. The van der Waals surface area contributed by atoms with E-state index in [9.17, 15) is 14.7 Å². The summed E-state index contributed by atoms with van der Waals surface area (Å²) in [5.74, 6) is -2.20. The number of hydrogen-bond donors (Lipinski definition) is 1. The minimum absolute atomic E-state index is 0.0746. The highest BCUT2D eigenvalue weighted by Gasteiger charge is 2.46. The third kappa shape index (κ3) is 4.05. The van der Waals surface area contributed by atoms with Crippen molar-refractivity contribution in [2.45, 2.75) is 12.5 Å². The molecule has 1 N–H and O–H groups in total. The molecule has 4 aromatic rings. The van der Waals surface area contributed by atoms with E-state index < -0.39 is 29.3 Å². The van der Waals surface area contributed by atoms with Crippen molar-refractivity contribution < 1.29 is 23.8 Å². The Kier molecular flexibility index (Phi) is 6.00. The summed E-state index contributed by atoms with van der Waals surface area (Å²) in [6.45, 7) is 0. The molecule has 0 bridgehead atoms. The van der Waals surface area contributed by atoms with Crippen LogP contribution in [0.5, 0.6) is 5.75 Å². The van der Waals surface area contributed by atoms with E-state index in [0.29, 0.717) is 26.6 Å². The van der Waals surface area contributed by atoms with E-state index in [1.807, 2.05) is 0 Å². The number of hydrogen-bond acceptors (Lipinski definition) is 6. The van der Waals surface area contributed by atoms with E-state index in [0.717, 1.165) is 11.3 Å². The van der Waals surface area contributed by atoms with Crippen molar-refractivity contribution in [3.05, 3.63) is 100 Å². The lowest BCUT2D eigenvalue weighted by Crippen LogP contribution is -2.31. The Labute approximate surface area is 208 Å². The van der Waals surface area contributed by atoms with E-state index in [2.05, 4.69) is 4.98 Å². The number of Topliss-reactive ketones (excluding diaryl/α,β-unsaturated/α-hetero) is 1. The molecule has 176 valence electrons. The molecule has 1 atom stereocenters. The number of benzene rings is 3. The second-order valence-corrected chi connectivity index (χ2v) is 9.33. The largest absolute Gasteiger partial charge is 0.503 e. The number of aromatic nitrogens is 1. The number of carbonyl (C=O) groups excluding carboxylic acids is 2. The molecule has 6 nitrogen and oxygen atoms in total. The van der Waals surface area contributed by atoms with Crippen molar-refractivity contribution >= 4 is 50.0 Å². The Morgan fingerprint density at radius 1 is 1.17 bits per heavy atom. The van der Waals surface area contributed by atoms with Gasteiger partial charge in [-0.2, -0.15) is 0 Å². The Morgan fingerprint density at radius 2 is 1.91 bits per heavy atom. The summed E-state index contributed by atoms with van der Waals surface area (Å²) >= 11 is 7.26. The molecule has 1 aromatic heterocycles. The van der Waals surface area contributed by atoms with Gasteiger partial charge in [0.1, 0.15) is 17.6 Å². The van der Waals surface area contributed by atoms with E-state index in [4.69, 9.17) is 16.3 Å². The molecule has 5 rings (SSSR count). The van der Waals surface area contributed by atoms with Crippen LogP contribution < -0.4 is 9.64 Å². The van der Waals surface area contributed by atoms with Crippen LogP contribution in [0.25, 0.3) is 10.2 Å². The predicted octanol–water partition coefficient (Wildman–Crippen LogP) is 5.81. The van der Waals surface area contributed by atoms with Crippen LogP contribution in [0.1, 0.15) is 17.2 Å². The zero-order chi connectivity index (χ0) is 24.7. The second-order valence-electron chi connectivity index (χ2n) is 7.88. The fourth-order valence-corrected chi connectivity index (χ4v) is 5.45. The van der Waals surface area contributed by atoms with Crippen molar-refractivity contribution in [1.82, 2.24) is 4.98 Å². The smallest absolute Gasteiger partial charge is 0.296 e. The lowest BCUT2D eigenvalue weighted by molar-refractivity contribution is -0.117. The molecule has 1 amide bonds. The van der Waals surface area contributed by atoms with Crippen LogP contribution in [-0.4, -0.2) is 28.9 Å². The first-order valence-corrected chi connectivity index (χ1v) is 11.8.